The van der Waals surface area contributed by atoms with E-state index in [1.165, 1.54) is 4.90 Å². The highest BCUT2D eigenvalue weighted by Crippen LogP contribution is 2.65. The molecule has 0 aromatic heterocycles. The van der Waals surface area contributed by atoms with Crippen LogP contribution in [0, 0.1) is 23.7 Å². The molecule has 0 bridgehead atoms. The number of nitrogens with zero attached hydrogens (tertiary/aromatic N) is 1. The van der Waals surface area contributed by atoms with Crippen molar-refractivity contribution in [1.29, 1.82) is 0 Å². The lowest BCUT2D eigenvalue weighted by molar-refractivity contribution is -0.144. The van der Waals surface area contributed by atoms with Gasteiger partial charge in [0.15, 0.2) is 0 Å². The molecule has 3 aliphatic carbocycles. The molecule has 4 amide bonds. The average Bonchev–Trinajstić information content (AvgIpc) is 3.15. The Balaban J connectivity index is 1.55. The molecule has 4 aliphatic rings. The number of hydrogen-bond donors (Lipinski definition) is 3. The van der Waals surface area contributed by atoms with Gasteiger partial charge >= 0.3 is 6.09 Å². The number of fused-ring (bicyclic) bond motifs is 1. The lowest BCUT2D eigenvalue weighted by atomic mass is 9.80. The van der Waals surface area contributed by atoms with Gasteiger partial charge < -0.3 is 26.0 Å². The van der Waals surface area contributed by atoms with Gasteiger partial charge in [0, 0.05) is 18.4 Å². The summed E-state index contributed by atoms with van der Waals surface area (Å²) >= 11 is 13.0. The second kappa shape index (κ2) is 11.4. The van der Waals surface area contributed by atoms with Gasteiger partial charge in [0.05, 0.1) is 6.04 Å². The molecule has 1 unspecified atom stereocenters. The first-order valence-electron chi connectivity index (χ1n) is 14.0. The number of rotatable bonds is 9. The van der Waals surface area contributed by atoms with Crippen molar-refractivity contribution in [3.63, 3.8) is 0 Å². The number of halogens is 2. The molecule has 218 valence electrons. The molecule has 0 spiro atoms. The third-order valence-corrected chi connectivity index (χ3v) is 9.68. The minimum Gasteiger partial charge on any atom is -0.444 e. The van der Waals surface area contributed by atoms with Crippen LogP contribution in [0.3, 0.4) is 0 Å². The summed E-state index contributed by atoms with van der Waals surface area (Å²) in [5.41, 5.74) is 4.52. The number of primary amides is 1. The number of alkyl carbamates (subject to hydrolysis) is 1. The highest BCUT2D eigenvalue weighted by molar-refractivity contribution is 6.51. The predicted octanol–water partition coefficient (Wildman–Crippen LogP) is 2.82. The first-order valence-corrected chi connectivity index (χ1v) is 14.8. The summed E-state index contributed by atoms with van der Waals surface area (Å²) in [6.45, 7) is 5.37. The molecule has 12 heteroatoms. The summed E-state index contributed by atoms with van der Waals surface area (Å²) in [4.78, 5) is 66.2. The van der Waals surface area contributed by atoms with Gasteiger partial charge in [0.25, 0.3) is 5.91 Å². The third-order valence-electron chi connectivity index (χ3n) is 8.61. The van der Waals surface area contributed by atoms with Gasteiger partial charge in [-0.25, -0.2) is 4.79 Å². The first kappa shape index (κ1) is 29.9. The summed E-state index contributed by atoms with van der Waals surface area (Å²) in [5.74, 6) is -3.75. The van der Waals surface area contributed by atoms with Crippen molar-refractivity contribution in [3.8, 4) is 0 Å². The Morgan fingerprint density at radius 3 is 2.18 bits per heavy atom. The SMILES string of the molecule is CC(C)(C)OC(=O)N[C@H](C(=O)N1C[C@@H]2[C@H]([C@H]1C(=O)NC(CC1CCC1)C(=O)C(N)=O)C2(Cl)Cl)C1CCCCC1. The van der Waals surface area contributed by atoms with Crippen LogP contribution in [0.25, 0.3) is 0 Å². The maximum absolute atomic E-state index is 14.0. The van der Waals surface area contributed by atoms with Crippen molar-refractivity contribution in [3.05, 3.63) is 0 Å². The van der Waals surface area contributed by atoms with Crippen molar-refractivity contribution in [2.45, 2.75) is 107 Å². The Morgan fingerprint density at radius 2 is 1.64 bits per heavy atom. The largest absolute Gasteiger partial charge is 0.444 e. The van der Waals surface area contributed by atoms with Crippen LogP contribution in [0.2, 0.25) is 0 Å². The number of ether oxygens (including phenoxy) is 1. The van der Waals surface area contributed by atoms with Crippen molar-refractivity contribution in [2.75, 3.05) is 6.54 Å². The fourth-order valence-corrected chi connectivity index (χ4v) is 7.14. The zero-order valence-corrected chi connectivity index (χ0v) is 24.4. The molecule has 4 N–H and O–H groups in total. The van der Waals surface area contributed by atoms with Crippen LogP contribution in [0.15, 0.2) is 0 Å². The number of hydrogen-bond acceptors (Lipinski definition) is 6. The number of likely N-dealkylation sites (tertiary alicyclic amines) is 1. The summed E-state index contributed by atoms with van der Waals surface area (Å²) in [6, 6.07) is -3.01. The quantitative estimate of drug-likeness (QED) is 0.279. The molecular formula is C27H40Cl2N4O6. The number of ketones is 1. The number of carbonyl (C=O) groups excluding carboxylic acids is 5. The summed E-state index contributed by atoms with van der Waals surface area (Å²) in [5, 5.41) is 5.48. The Kier molecular flexibility index (Phi) is 8.76. The highest BCUT2D eigenvalue weighted by Gasteiger charge is 2.74. The Hall–Kier alpha value is -2.07. The zero-order chi connectivity index (χ0) is 28.7. The number of alkyl halides is 2. The molecule has 5 atom stereocenters. The van der Waals surface area contributed by atoms with Gasteiger partial charge in [0.1, 0.15) is 22.0 Å². The Bertz CT molecular complexity index is 1000. The van der Waals surface area contributed by atoms with Crippen LogP contribution in [0.5, 0.6) is 0 Å². The highest BCUT2D eigenvalue weighted by atomic mass is 35.5. The maximum Gasteiger partial charge on any atom is 0.408 e. The van der Waals surface area contributed by atoms with Gasteiger partial charge in [-0.15, -0.1) is 23.2 Å². The van der Waals surface area contributed by atoms with Gasteiger partial charge in [-0.3, -0.25) is 19.2 Å². The molecule has 1 heterocycles. The third kappa shape index (κ3) is 6.64. The lowest BCUT2D eigenvalue weighted by Crippen LogP contribution is -2.60. The van der Waals surface area contributed by atoms with Crippen molar-refractivity contribution in [1.82, 2.24) is 15.5 Å². The van der Waals surface area contributed by atoms with Gasteiger partial charge in [-0.1, -0.05) is 38.5 Å². The number of amides is 4. The normalized spacial score (nSPS) is 27.9. The molecule has 4 fully saturated rings. The number of Topliss-reactive ketones (excluding diaryl/α,β-unsaturated/α-hetero) is 1. The minimum absolute atomic E-state index is 0.112. The number of piperidine rings is 1. The van der Waals surface area contributed by atoms with E-state index in [1.54, 1.807) is 20.8 Å². The van der Waals surface area contributed by atoms with Crippen LogP contribution in [-0.4, -0.2) is 69.1 Å². The standard InChI is InChI=1S/C27H40Cl2N4O6/c1-26(2,3)39-25(38)32-19(15-10-5-4-6-11-15)24(37)33-13-16-18(27(16,28)29)20(33)23(36)31-17(21(34)22(30)35)12-14-8-7-9-14/h14-20H,4-13H2,1-3H3,(H2,30,35)(H,31,36)(H,32,38)/t16-,17?,18-,19+,20+/m1/s1. The van der Waals surface area contributed by atoms with Crippen molar-refractivity contribution in [2.24, 2.45) is 29.4 Å². The summed E-state index contributed by atoms with van der Waals surface area (Å²) in [6.07, 6.45) is 6.89. The molecule has 4 rings (SSSR count). The Labute approximate surface area is 239 Å². The molecular weight excluding hydrogens is 547 g/mol. The van der Waals surface area contributed by atoms with Crippen LogP contribution in [0.4, 0.5) is 4.79 Å². The van der Waals surface area contributed by atoms with E-state index in [1.807, 2.05) is 0 Å². The molecule has 0 aromatic rings. The van der Waals surface area contributed by atoms with E-state index in [9.17, 15) is 24.0 Å². The minimum atomic E-state index is -1.19. The van der Waals surface area contributed by atoms with Crippen molar-refractivity contribution < 1.29 is 28.7 Å². The van der Waals surface area contributed by atoms with Crippen LogP contribution < -0.4 is 16.4 Å². The Morgan fingerprint density at radius 1 is 1.00 bits per heavy atom. The van der Waals surface area contributed by atoms with Crippen molar-refractivity contribution >= 4 is 52.8 Å². The summed E-state index contributed by atoms with van der Waals surface area (Å²) in [7, 11) is 0. The number of carbonyl (C=O) groups is 5. The van der Waals surface area contributed by atoms with Crippen LogP contribution in [0.1, 0.15) is 78.6 Å². The fraction of sp³-hybridized carbons (Fsp3) is 0.815. The van der Waals surface area contributed by atoms with Gasteiger partial charge in [-0.05, 0) is 51.9 Å². The predicted molar refractivity (Wildman–Crippen MR) is 145 cm³/mol. The second-order valence-corrected chi connectivity index (χ2v) is 14.0. The van der Waals surface area contributed by atoms with Crippen LogP contribution in [-0.2, 0) is 23.9 Å². The zero-order valence-electron chi connectivity index (χ0n) is 22.8. The lowest BCUT2D eigenvalue weighted by Gasteiger charge is -2.37. The molecule has 39 heavy (non-hydrogen) atoms. The number of nitrogens with two attached hydrogens (primary N) is 1. The van der Waals surface area contributed by atoms with E-state index in [-0.39, 0.29) is 24.3 Å². The van der Waals surface area contributed by atoms with E-state index in [0.717, 1.165) is 51.4 Å². The molecule has 1 saturated heterocycles. The van der Waals surface area contributed by atoms with Crippen LogP contribution >= 0.6 is 23.2 Å². The van der Waals surface area contributed by atoms with E-state index in [4.69, 9.17) is 33.7 Å². The van der Waals surface area contributed by atoms with E-state index in [2.05, 4.69) is 10.6 Å². The molecule has 0 radical (unpaired) electrons. The van der Waals surface area contributed by atoms with E-state index in [0.29, 0.717) is 6.42 Å². The molecule has 1 aliphatic heterocycles. The molecule has 0 aromatic carbocycles. The first-order chi connectivity index (χ1) is 18.2. The van der Waals surface area contributed by atoms with Gasteiger partial charge in [-0.2, -0.15) is 0 Å². The van der Waals surface area contributed by atoms with E-state index < -0.39 is 63.6 Å². The smallest absolute Gasteiger partial charge is 0.408 e. The fourth-order valence-electron chi connectivity index (χ4n) is 6.32. The average molecular weight is 588 g/mol. The monoisotopic (exact) mass is 586 g/mol. The van der Waals surface area contributed by atoms with E-state index >= 15 is 0 Å². The second-order valence-electron chi connectivity index (χ2n) is 12.6. The number of nitrogens with one attached hydrogen (secondary N) is 2. The van der Waals surface area contributed by atoms with Gasteiger partial charge in [0.2, 0.25) is 17.6 Å². The topological polar surface area (TPSA) is 148 Å². The summed E-state index contributed by atoms with van der Waals surface area (Å²) < 4.78 is 4.25. The molecule has 10 nitrogen and oxygen atoms in total. The molecule has 3 saturated carbocycles. The maximum atomic E-state index is 14.0.